The summed E-state index contributed by atoms with van der Waals surface area (Å²) >= 11 is 0. The van der Waals surface area contributed by atoms with Gasteiger partial charge in [0.1, 0.15) is 0 Å². The van der Waals surface area contributed by atoms with Crippen LogP contribution in [-0.4, -0.2) is 27.3 Å². The average molecular weight is 255 g/mol. The van der Waals surface area contributed by atoms with E-state index in [-0.39, 0.29) is 11.8 Å². The quantitative estimate of drug-likeness (QED) is 0.876. The third kappa shape index (κ3) is 3.82. The molecule has 0 spiro atoms. The number of rotatable bonds is 5. The van der Waals surface area contributed by atoms with Crippen molar-refractivity contribution < 1.29 is 8.42 Å². The van der Waals surface area contributed by atoms with E-state index in [4.69, 9.17) is 0 Å². The Kier molecular flexibility index (Phi) is 4.71. The van der Waals surface area contributed by atoms with Crippen LogP contribution in [0.2, 0.25) is 0 Å². The number of nitrogens with one attached hydrogen (secondary N) is 1. The topological polar surface area (TPSA) is 46.2 Å². The van der Waals surface area contributed by atoms with Gasteiger partial charge in [0.15, 0.2) is 9.84 Å². The summed E-state index contributed by atoms with van der Waals surface area (Å²) in [4.78, 5) is 0.434. The zero-order chi connectivity index (χ0) is 13.1. The Bertz CT molecular complexity index is 480. The van der Waals surface area contributed by atoms with Crippen LogP contribution >= 0.6 is 0 Å². The number of hydrogen-bond donors (Lipinski definition) is 1. The maximum absolute atomic E-state index is 12.1. The number of hydrogen-bond acceptors (Lipinski definition) is 3. The van der Waals surface area contributed by atoms with E-state index in [0.717, 1.165) is 11.1 Å². The first-order chi connectivity index (χ1) is 7.86. The van der Waals surface area contributed by atoms with E-state index in [1.165, 1.54) is 0 Å². The lowest BCUT2D eigenvalue weighted by Crippen LogP contribution is -2.24. The van der Waals surface area contributed by atoms with Gasteiger partial charge in [-0.2, -0.15) is 0 Å². The Labute approximate surface area is 104 Å². The fourth-order valence-corrected chi connectivity index (χ4v) is 3.03. The van der Waals surface area contributed by atoms with E-state index in [0.29, 0.717) is 11.3 Å². The standard InChI is InChI=1S/C13H21NO2S/c1-10-5-6-13(9-11(10)2)17(15,16)8-7-12(3)14-4/h5-6,9,12,14H,7-8H2,1-4H3. The van der Waals surface area contributed by atoms with Crippen molar-refractivity contribution in [1.29, 1.82) is 0 Å². The molecule has 0 fully saturated rings. The molecule has 1 rings (SSSR count). The molecule has 0 saturated carbocycles. The molecule has 1 N–H and O–H groups in total. The van der Waals surface area contributed by atoms with E-state index < -0.39 is 9.84 Å². The predicted octanol–water partition coefficient (Wildman–Crippen LogP) is 2.08. The van der Waals surface area contributed by atoms with Gasteiger partial charge in [0.05, 0.1) is 10.6 Å². The molecule has 96 valence electrons. The minimum atomic E-state index is -3.14. The third-order valence-electron chi connectivity index (χ3n) is 3.15. The molecule has 1 atom stereocenters. The molecule has 0 aromatic heterocycles. The van der Waals surface area contributed by atoms with Crippen LogP contribution in [0.3, 0.4) is 0 Å². The van der Waals surface area contributed by atoms with Crippen molar-refractivity contribution in [3.8, 4) is 0 Å². The van der Waals surface area contributed by atoms with E-state index in [1.807, 2.05) is 33.9 Å². The van der Waals surface area contributed by atoms with Crippen molar-refractivity contribution in [2.75, 3.05) is 12.8 Å². The van der Waals surface area contributed by atoms with Crippen LogP contribution in [0.4, 0.5) is 0 Å². The summed E-state index contributed by atoms with van der Waals surface area (Å²) in [7, 11) is -1.30. The molecule has 1 unspecified atom stereocenters. The molecule has 0 radical (unpaired) electrons. The van der Waals surface area contributed by atoms with Gasteiger partial charge in [-0.05, 0) is 57.5 Å². The Hall–Kier alpha value is -0.870. The molecular formula is C13H21NO2S. The van der Waals surface area contributed by atoms with Crippen molar-refractivity contribution in [2.45, 2.75) is 38.1 Å². The summed E-state index contributed by atoms with van der Waals surface area (Å²) in [5.41, 5.74) is 2.14. The molecule has 0 aliphatic carbocycles. The van der Waals surface area contributed by atoms with E-state index >= 15 is 0 Å². The first kappa shape index (κ1) is 14.2. The van der Waals surface area contributed by atoms with E-state index in [9.17, 15) is 8.42 Å². The van der Waals surface area contributed by atoms with Crippen molar-refractivity contribution >= 4 is 9.84 Å². The van der Waals surface area contributed by atoms with Crippen LogP contribution < -0.4 is 5.32 Å². The summed E-state index contributed by atoms with van der Waals surface area (Å²) in [6, 6.07) is 5.54. The van der Waals surface area contributed by atoms with Gasteiger partial charge in [-0.3, -0.25) is 0 Å². The predicted molar refractivity (Wildman–Crippen MR) is 71.1 cm³/mol. The number of benzene rings is 1. The molecule has 0 aliphatic heterocycles. The molecule has 0 saturated heterocycles. The highest BCUT2D eigenvalue weighted by Gasteiger charge is 2.15. The average Bonchev–Trinajstić information content (AvgIpc) is 2.29. The van der Waals surface area contributed by atoms with Crippen LogP contribution in [0.1, 0.15) is 24.5 Å². The zero-order valence-corrected chi connectivity index (χ0v) is 11.8. The lowest BCUT2D eigenvalue weighted by atomic mass is 10.1. The highest BCUT2D eigenvalue weighted by molar-refractivity contribution is 7.91. The maximum Gasteiger partial charge on any atom is 0.178 e. The van der Waals surface area contributed by atoms with Crippen LogP contribution in [0.15, 0.2) is 23.1 Å². The minimum absolute atomic E-state index is 0.192. The van der Waals surface area contributed by atoms with Gasteiger partial charge in [-0.1, -0.05) is 6.07 Å². The van der Waals surface area contributed by atoms with Gasteiger partial charge in [0, 0.05) is 6.04 Å². The van der Waals surface area contributed by atoms with Crippen molar-refractivity contribution in [3.63, 3.8) is 0 Å². The SMILES string of the molecule is CNC(C)CCS(=O)(=O)c1ccc(C)c(C)c1. The van der Waals surface area contributed by atoms with E-state index in [2.05, 4.69) is 5.32 Å². The highest BCUT2D eigenvalue weighted by Crippen LogP contribution is 2.17. The van der Waals surface area contributed by atoms with Crippen LogP contribution in [0.5, 0.6) is 0 Å². The lowest BCUT2D eigenvalue weighted by Gasteiger charge is -2.11. The van der Waals surface area contributed by atoms with Gasteiger partial charge >= 0.3 is 0 Å². The molecule has 4 heteroatoms. The number of sulfone groups is 1. The second-order valence-corrected chi connectivity index (χ2v) is 6.65. The Morgan fingerprint density at radius 2 is 1.88 bits per heavy atom. The Balaban J connectivity index is 2.86. The third-order valence-corrected chi connectivity index (χ3v) is 4.90. The molecule has 0 bridgehead atoms. The van der Waals surface area contributed by atoms with Gasteiger partial charge in [-0.25, -0.2) is 8.42 Å². The fraction of sp³-hybridized carbons (Fsp3) is 0.538. The normalized spacial score (nSPS) is 13.6. The molecule has 0 heterocycles. The van der Waals surface area contributed by atoms with Crippen LogP contribution in [-0.2, 0) is 9.84 Å². The van der Waals surface area contributed by atoms with Crippen molar-refractivity contribution in [2.24, 2.45) is 0 Å². The summed E-state index contributed by atoms with van der Waals surface area (Å²) in [6.45, 7) is 5.90. The molecule has 0 aliphatic rings. The highest BCUT2D eigenvalue weighted by atomic mass is 32.2. The zero-order valence-electron chi connectivity index (χ0n) is 10.9. The second-order valence-electron chi connectivity index (χ2n) is 4.54. The lowest BCUT2D eigenvalue weighted by molar-refractivity contribution is 0.565. The molecule has 1 aromatic carbocycles. The van der Waals surface area contributed by atoms with Crippen LogP contribution in [0.25, 0.3) is 0 Å². The number of aryl methyl sites for hydroxylation is 2. The first-order valence-corrected chi connectivity index (χ1v) is 7.49. The Morgan fingerprint density at radius 1 is 1.24 bits per heavy atom. The summed E-state index contributed by atoms with van der Waals surface area (Å²) < 4.78 is 24.2. The summed E-state index contributed by atoms with van der Waals surface area (Å²) in [5, 5.41) is 3.05. The minimum Gasteiger partial charge on any atom is -0.317 e. The smallest absolute Gasteiger partial charge is 0.178 e. The fourth-order valence-electron chi connectivity index (χ4n) is 1.50. The van der Waals surface area contributed by atoms with Crippen molar-refractivity contribution in [1.82, 2.24) is 5.32 Å². The molecule has 1 aromatic rings. The van der Waals surface area contributed by atoms with Crippen LogP contribution in [0, 0.1) is 13.8 Å². The maximum atomic E-state index is 12.1. The van der Waals surface area contributed by atoms with E-state index in [1.54, 1.807) is 12.1 Å². The monoisotopic (exact) mass is 255 g/mol. The first-order valence-electron chi connectivity index (χ1n) is 5.84. The largest absolute Gasteiger partial charge is 0.317 e. The second kappa shape index (κ2) is 5.65. The van der Waals surface area contributed by atoms with Gasteiger partial charge < -0.3 is 5.32 Å². The van der Waals surface area contributed by atoms with Gasteiger partial charge in [0.2, 0.25) is 0 Å². The summed E-state index contributed by atoms with van der Waals surface area (Å²) in [5.74, 6) is 0.192. The van der Waals surface area contributed by atoms with Crippen molar-refractivity contribution in [3.05, 3.63) is 29.3 Å². The van der Waals surface area contributed by atoms with Gasteiger partial charge in [-0.15, -0.1) is 0 Å². The Morgan fingerprint density at radius 3 is 2.41 bits per heavy atom. The summed E-state index contributed by atoms with van der Waals surface area (Å²) in [6.07, 6.45) is 0.631. The molecule has 3 nitrogen and oxygen atoms in total. The molecule has 17 heavy (non-hydrogen) atoms. The van der Waals surface area contributed by atoms with Gasteiger partial charge in [0.25, 0.3) is 0 Å². The molecular weight excluding hydrogens is 234 g/mol. The molecule has 0 amide bonds.